The number of benzene rings is 1. The van der Waals surface area contributed by atoms with Gasteiger partial charge in [0.05, 0.1) is 11.8 Å². The summed E-state index contributed by atoms with van der Waals surface area (Å²) in [5.41, 5.74) is 2.89. The van der Waals surface area contributed by atoms with Crippen LogP contribution in [-0.2, 0) is 6.42 Å². The molecule has 0 amide bonds. The average Bonchev–Trinajstić information content (AvgIpc) is 3.17. The van der Waals surface area contributed by atoms with Crippen molar-refractivity contribution in [2.45, 2.75) is 44.2 Å². The maximum absolute atomic E-state index is 9.80. The lowest BCUT2D eigenvalue weighted by Crippen LogP contribution is -2.29. The molecule has 1 aromatic carbocycles. The average molecular weight is 467 g/mol. The number of pyridine rings is 1. The first-order valence-corrected chi connectivity index (χ1v) is 11.9. The van der Waals surface area contributed by atoms with E-state index in [0.29, 0.717) is 28.5 Å². The molecule has 0 bridgehead atoms. The molecule has 3 aromatic heterocycles. The van der Waals surface area contributed by atoms with Gasteiger partial charge in [-0.05, 0) is 43.4 Å². The predicted octanol–water partition coefficient (Wildman–Crippen LogP) is 5.18. The molecule has 1 aliphatic rings. The summed E-state index contributed by atoms with van der Waals surface area (Å²) in [6.07, 6.45) is 3.91. The van der Waals surface area contributed by atoms with Gasteiger partial charge in [0.15, 0.2) is 5.13 Å². The second kappa shape index (κ2) is 9.36. The van der Waals surface area contributed by atoms with E-state index in [1.165, 1.54) is 16.9 Å². The minimum absolute atomic E-state index is 0.197. The summed E-state index contributed by atoms with van der Waals surface area (Å²) in [6.45, 7) is 0. The zero-order valence-corrected chi connectivity index (χ0v) is 18.9. The molecule has 0 aliphatic heterocycles. The van der Waals surface area contributed by atoms with Gasteiger partial charge < -0.3 is 15.7 Å². The molecular formula is C23H23ClN6OS. The Hall–Kier alpha value is -2.81. The van der Waals surface area contributed by atoms with E-state index in [0.717, 1.165) is 41.7 Å². The van der Waals surface area contributed by atoms with Crippen LogP contribution in [0, 0.1) is 0 Å². The summed E-state index contributed by atoms with van der Waals surface area (Å²) in [5, 5.41) is 17.7. The third-order valence-electron chi connectivity index (χ3n) is 5.49. The number of aliphatic hydroxyl groups excluding tert-OH is 1. The largest absolute Gasteiger partial charge is 0.393 e. The zero-order valence-electron chi connectivity index (χ0n) is 17.3. The summed E-state index contributed by atoms with van der Waals surface area (Å²) in [7, 11) is 0. The lowest BCUT2D eigenvalue weighted by atomic mass is 9.93. The predicted molar refractivity (Wildman–Crippen MR) is 129 cm³/mol. The lowest BCUT2D eigenvalue weighted by molar-refractivity contribution is 0.126. The van der Waals surface area contributed by atoms with Gasteiger partial charge in [0, 0.05) is 18.5 Å². The van der Waals surface area contributed by atoms with Crippen LogP contribution in [0.4, 0.5) is 16.9 Å². The van der Waals surface area contributed by atoms with E-state index in [1.807, 2.05) is 30.3 Å². The van der Waals surface area contributed by atoms with Crippen LogP contribution in [0.2, 0.25) is 5.15 Å². The van der Waals surface area contributed by atoms with E-state index < -0.39 is 0 Å². The number of thiazole rings is 1. The molecule has 1 saturated carbocycles. The van der Waals surface area contributed by atoms with E-state index in [4.69, 9.17) is 21.6 Å². The first-order valence-electron chi connectivity index (χ1n) is 10.7. The van der Waals surface area contributed by atoms with Gasteiger partial charge >= 0.3 is 0 Å². The fourth-order valence-corrected chi connectivity index (χ4v) is 4.92. The van der Waals surface area contributed by atoms with Gasteiger partial charge in [-0.1, -0.05) is 53.3 Å². The van der Waals surface area contributed by atoms with Crippen molar-refractivity contribution >= 4 is 50.2 Å². The maximum atomic E-state index is 9.80. The van der Waals surface area contributed by atoms with Crippen molar-refractivity contribution in [1.29, 1.82) is 0 Å². The SMILES string of the molecule is OC1CCC(Nc2nc(Cc3ccccc3)cc(Nc3nc4ccc(Cl)nc4s3)n2)CC1. The van der Waals surface area contributed by atoms with Crippen molar-refractivity contribution in [2.75, 3.05) is 10.6 Å². The number of fused-ring (bicyclic) bond motifs is 1. The van der Waals surface area contributed by atoms with E-state index >= 15 is 0 Å². The number of nitrogens with one attached hydrogen (secondary N) is 2. The highest BCUT2D eigenvalue weighted by Gasteiger charge is 2.20. The number of aromatic nitrogens is 4. The summed E-state index contributed by atoms with van der Waals surface area (Å²) >= 11 is 7.44. The molecule has 164 valence electrons. The smallest absolute Gasteiger partial charge is 0.225 e. The molecule has 5 rings (SSSR count). The van der Waals surface area contributed by atoms with E-state index in [1.54, 1.807) is 6.07 Å². The Kier molecular flexibility index (Phi) is 6.16. The van der Waals surface area contributed by atoms with Gasteiger partial charge in [-0.15, -0.1) is 0 Å². The first-order chi connectivity index (χ1) is 15.6. The van der Waals surface area contributed by atoms with Gasteiger partial charge in [0.1, 0.15) is 21.3 Å². The Bertz CT molecular complexity index is 1210. The number of halogens is 1. The summed E-state index contributed by atoms with van der Waals surface area (Å²) in [4.78, 5) is 19.2. The molecule has 7 nitrogen and oxygen atoms in total. The second-order valence-corrected chi connectivity index (χ2v) is 9.35. The van der Waals surface area contributed by atoms with Crippen molar-refractivity contribution in [2.24, 2.45) is 0 Å². The Morgan fingerprint density at radius 2 is 1.78 bits per heavy atom. The van der Waals surface area contributed by atoms with Gasteiger partial charge in [-0.3, -0.25) is 0 Å². The normalized spacial score (nSPS) is 18.6. The van der Waals surface area contributed by atoms with Gasteiger partial charge in [0.2, 0.25) is 5.95 Å². The van der Waals surface area contributed by atoms with Crippen molar-refractivity contribution in [3.05, 3.63) is 64.9 Å². The van der Waals surface area contributed by atoms with Crippen LogP contribution in [0.3, 0.4) is 0 Å². The molecule has 0 radical (unpaired) electrons. The zero-order chi connectivity index (χ0) is 21.9. The number of aliphatic hydroxyl groups is 1. The third-order valence-corrected chi connectivity index (χ3v) is 6.58. The molecule has 9 heteroatoms. The highest BCUT2D eigenvalue weighted by molar-refractivity contribution is 7.21. The van der Waals surface area contributed by atoms with Crippen LogP contribution < -0.4 is 10.6 Å². The Morgan fingerprint density at radius 3 is 2.59 bits per heavy atom. The fourth-order valence-electron chi connectivity index (χ4n) is 3.88. The number of hydrogen-bond donors (Lipinski definition) is 3. The second-order valence-electron chi connectivity index (χ2n) is 7.98. The van der Waals surface area contributed by atoms with Crippen molar-refractivity contribution in [3.8, 4) is 0 Å². The minimum atomic E-state index is -0.197. The van der Waals surface area contributed by atoms with Gasteiger partial charge in [0.25, 0.3) is 0 Å². The molecule has 0 saturated heterocycles. The molecule has 32 heavy (non-hydrogen) atoms. The first kappa shape index (κ1) is 21.1. The molecule has 1 fully saturated rings. The summed E-state index contributed by atoms with van der Waals surface area (Å²) in [6, 6.07) is 16.1. The Morgan fingerprint density at radius 1 is 0.969 bits per heavy atom. The quantitative estimate of drug-likeness (QED) is 0.337. The third kappa shape index (κ3) is 5.15. The van der Waals surface area contributed by atoms with Crippen LogP contribution in [0.1, 0.15) is 36.9 Å². The number of rotatable bonds is 6. The highest BCUT2D eigenvalue weighted by Crippen LogP contribution is 2.29. The molecular weight excluding hydrogens is 444 g/mol. The maximum Gasteiger partial charge on any atom is 0.225 e. The monoisotopic (exact) mass is 466 g/mol. The highest BCUT2D eigenvalue weighted by atomic mass is 35.5. The number of anilines is 3. The van der Waals surface area contributed by atoms with Gasteiger partial charge in [-0.2, -0.15) is 4.98 Å². The number of hydrogen-bond acceptors (Lipinski definition) is 8. The van der Waals surface area contributed by atoms with Crippen LogP contribution in [0.15, 0.2) is 48.5 Å². The molecule has 0 atom stereocenters. The fraction of sp³-hybridized carbons (Fsp3) is 0.304. The van der Waals surface area contributed by atoms with Crippen LogP contribution in [0.5, 0.6) is 0 Å². The minimum Gasteiger partial charge on any atom is -0.393 e. The molecule has 3 heterocycles. The number of nitrogens with zero attached hydrogens (tertiary/aromatic N) is 4. The van der Waals surface area contributed by atoms with E-state index in [2.05, 4.69) is 32.7 Å². The van der Waals surface area contributed by atoms with Crippen LogP contribution in [-0.4, -0.2) is 37.2 Å². The molecule has 4 aromatic rings. The van der Waals surface area contributed by atoms with Crippen LogP contribution in [0.25, 0.3) is 10.3 Å². The van der Waals surface area contributed by atoms with E-state index in [-0.39, 0.29) is 12.1 Å². The Balaban J connectivity index is 1.42. The molecule has 0 unspecified atom stereocenters. The summed E-state index contributed by atoms with van der Waals surface area (Å²) in [5.74, 6) is 1.26. The Labute approximate surface area is 194 Å². The molecule has 3 N–H and O–H groups in total. The molecule has 0 spiro atoms. The topological polar surface area (TPSA) is 95.8 Å². The van der Waals surface area contributed by atoms with Crippen molar-refractivity contribution in [3.63, 3.8) is 0 Å². The summed E-state index contributed by atoms with van der Waals surface area (Å²) < 4.78 is 0. The van der Waals surface area contributed by atoms with Crippen LogP contribution >= 0.6 is 22.9 Å². The van der Waals surface area contributed by atoms with Crippen molar-refractivity contribution < 1.29 is 5.11 Å². The van der Waals surface area contributed by atoms with E-state index in [9.17, 15) is 5.11 Å². The molecule has 1 aliphatic carbocycles. The standard InChI is InChI=1S/C23H23ClN6OS/c24-19-11-10-18-21(28-19)32-23(27-18)30-20-13-16(12-14-4-2-1-3-5-14)26-22(29-20)25-15-6-8-17(31)9-7-15/h1-5,10-11,13,15,17,31H,6-9,12H2,(H2,25,26,27,29,30). The van der Waals surface area contributed by atoms with Gasteiger partial charge in [-0.25, -0.2) is 15.0 Å². The lowest BCUT2D eigenvalue weighted by Gasteiger charge is -2.26. The van der Waals surface area contributed by atoms with Crippen molar-refractivity contribution in [1.82, 2.24) is 19.9 Å².